The zero-order valence-electron chi connectivity index (χ0n) is 9.69. The summed E-state index contributed by atoms with van der Waals surface area (Å²) in [5, 5.41) is 10.5. The van der Waals surface area contributed by atoms with E-state index in [1.807, 2.05) is 6.07 Å². The van der Waals surface area contributed by atoms with E-state index in [1.54, 1.807) is 19.5 Å². The second-order valence-corrected chi connectivity index (χ2v) is 4.53. The van der Waals surface area contributed by atoms with Gasteiger partial charge in [-0.3, -0.25) is 4.98 Å². The largest absolute Gasteiger partial charge is 0.393 e. The zero-order chi connectivity index (χ0) is 12.0. The van der Waals surface area contributed by atoms with Crippen LogP contribution in [0.2, 0.25) is 5.02 Å². The fourth-order valence-corrected chi connectivity index (χ4v) is 1.92. The van der Waals surface area contributed by atoms with Crippen LogP contribution in [0.1, 0.15) is 18.9 Å². The van der Waals surface area contributed by atoms with Crippen LogP contribution in [0.3, 0.4) is 0 Å². The maximum absolute atomic E-state index is 9.89. The number of ether oxygens (including phenoxy) is 1. The van der Waals surface area contributed by atoms with Crippen molar-refractivity contribution in [1.82, 2.24) is 4.98 Å². The molecule has 1 aromatic heterocycles. The van der Waals surface area contributed by atoms with E-state index in [2.05, 4.69) is 11.9 Å². The molecule has 16 heavy (non-hydrogen) atoms. The minimum absolute atomic E-state index is 0.348. The number of halogens is 1. The van der Waals surface area contributed by atoms with E-state index >= 15 is 0 Å². The molecule has 4 heteroatoms. The molecule has 0 aliphatic rings. The number of aliphatic hydroxyl groups excluding tert-OH is 1. The van der Waals surface area contributed by atoms with Crippen molar-refractivity contribution in [2.24, 2.45) is 5.92 Å². The number of aromatic nitrogens is 1. The van der Waals surface area contributed by atoms with E-state index in [0.717, 1.165) is 5.56 Å². The molecule has 1 rings (SSSR count). The second kappa shape index (κ2) is 6.84. The highest BCUT2D eigenvalue weighted by Crippen LogP contribution is 2.18. The summed E-state index contributed by atoms with van der Waals surface area (Å²) in [6.45, 7) is 2.72. The first kappa shape index (κ1) is 13.4. The van der Waals surface area contributed by atoms with Gasteiger partial charge >= 0.3 is 0 Å². The van der Waals surface area contributed by atoms with Gasteiger partial charge in [-0.05, 0) is 30.4 Å². The first-order valence-corrected chi connectivity index (χ1v) is 5.76. The van der Waals surface area contributed by atoms with Crippen LogP contribution >= 0.6 is 11.6 Å². The highest BCUT2D eigenvalue weighted by atomic mass is 35.5. The molecule has 0 saturated heterocycles. The van der Waals surface area contributed by atoms with Crippen molar-refractivity contribution in [3.05, 3.63) is 29.0 Å². The van der Waals surface area contributed by atoms with Crippen molar-refractivity contribution in [2.75, 3.05) is 13.7 Å². The third-order valence-corrected chi connectivity index (χ3v) is 2.78. The number of rotatable bonds is 6. The molecule has 1 aromatic rings. The van der Waals surface area contributed by atoms with Crippen LogP contribution in [0, 0.1) is 5.92 Å². The first-order valence-electron chi connectivity index (χ1n) is 5.39. The molecule has 1 heterocycles. The second-order valence-electron chi connectivity index (χ2n) is 4.12. The summed E-state index contributed by atoms with van der Waals surface area (Å²) >= 11 is 5.97. The van der Waals surface area contributed by atoms with Gasteiger partial charge in [0, 0.05) is 26.1 Å². The third kappa shape index (κ3) is 4.47. The standard InChI is InChI=1S/C12H18ClNO2/c1-9(8-16-2)5-11(15)6-10-3-4-14-7-12(10)13/h3-4,7,9,11,15H,5-6,8H2,1-2H3. The lowest BCUT2D eigenvalue weighted by Crippen LogP contribution is -2.17. The van der Waals surface area contributed by atoms with Crippen molar-refractivity contribution >= 4 is 11.6 Å². The van der Waals surface area contributed by atoms with E-state index in [0.29, 0.717) is 30.4 Å². The lowest BCUT2D eigenvalue weighted by molar-refractivity contribution is 0.102. The van der Waals surface area contributed by atoms with E-state index in [-0.39, 0.29) is 6.10 Å². The summed E-state index contributed by atoms with van der Waals surface area (Å²) in [5.41, 5.74) is 0.939. The van der Waals surface area contributed by atoms with E-state index < -0.39 is 0 Å². The Morgan fingerprint density at radius 1 is 1.56 bits per heavy atom. The summed E-state index contributed by atoms with van der Waals surface area (Å²) < 4.78 is 5.03. The number of nitrogens with zero attached hydrogens (tertiary/aromatic N) is 1. The monoisotopic (exact) mass is 243 g/mol. The molecule has 90 valence electrons. The molecule has 0 bridgehead atoms. The quantitative estimate of drug-likeness (QED) is 0.834. The van der Waals surface area contributed by atoms with Gasteiger partial charge in [0.1, 0.15) is 0 Å². The van der Waals surface area contributed by atoms with Crippen molar-refractivity contribution in [3.8, 4) is 0 Å². The summed E-state index contributed by atoms with van der Waals surface area (Å²) in [4.78, 5) is 3.91. The summed E-state index contributed by atoms with van der Waals surface area (Å²) in [5.74, 6) is 0.348. The Morgan fingerprint density at radius 2 is 2.31 bits per heavy atom. The topological polar surface area (TPSA) is 42.4 Å². The number of aliphatic hydroxyl groups is 1. The van der Waals surface area contributed by atoms with Crippen molar-refractivity contribution < 1.29 is 9.84 Å². The summed E-state index contributed by atoms with van der Waals surface area (Å²) in [6.07, 6.45) is 4.18. The minimum atomic E-state index is -0.384. The lowest BCUT2D eigenvalue weighted by Gasteiger charge is -2.16. The molecule has 0 radical (unpaired) electrons. The number of methoxy groups -OCH3 is 1. The molecule has 0 saturated carbocycles. The zero-order valence-corrected chi connectivity index (χ0v) is 10.4. The van der Waals surface area contributed by atoms with Gasteiger partial charge < -0.3 is 9.84 Å². The van der Waals surface area contributed by atoms with E-state index in [9.17, 15) is 5.11 Å². The fraction of sp³-hybridized carbons (Fsp3) is 0.583. The Kier molecular flexibility index (Phi) is 5.74. The van der Waals surface area contributed by atoms with Crippen LogP contribution in [0.4, 0.5) is 0 Å². The number of hydrogen-bond donors (Lipinski definition) is 1. The SMILES string of the molecule is COCC(C)CC(O)Cc1ccncc1Cl. The third-order valence-electron chi connectivity index (χ3n) is 2.44. The van der Waals surface area contributed by atoms with Crippen LogP contribution < -0.4 is 0 Å². The molecule has 0 spiro atoms. The molecule has 0 fully saturated rings. The highest BCUT2D eigenvalue weighted by Gasteiger charge is 2.12. The molecule has 3 nitrogen and oxygen atoms in total. The van der Waals surface area contributed by atoms with Crippen LogP contribution in [-0.2, 0) is 11.2 Å². The van der Waals surface area contributed by atoms with Gasteiger partial charge in [0.25, 0.3) is 0 Å². The van der Waals surface area contributed by atoms with E-state index in [1.165, 1.54) is 0 Å². The lowest BCUT2D eigenvalue weighted by atomic mass is 9.99. The van der Waals surface area contributed by atoms with Crippen LogP contribution in [-0.4, -0.2) is 29.9 Å². The Hall–Kier alpha value is -0.640. The average molecular weight is 244 g/mol. The maximum Gasteiger partial charge on any atom is 0.0622 e. The van der Waals surface area contributed by atoms with Gasteiger partial charge in [-0.1, -0.05) is 18.5 Å². The van der Waals surface area contributed by atoms with Gasteiger partial charge in [-0.25, -0.2) is 0 Å². The predicted molar refractivity (Wildman–Crippen MR) is 64.6 cm³/mol. The normalized spacial score (nSPS) is 14.8. The average Bonchev–Trinajstić information content (AvgIpc) is 2.21. The minimum Gasteiger partial charge on any atom is -0.393 e. The van der Waals surface area contributed by atoms with E-state index in [4.69, 9.17) is 16.3 Å². The van der Waals surface area contributed by atoms with Crippen molar-refractivity contribution in [3.63, 3.8) is 0 Å². The number of hydrogen-bond acceptors (Lipinski definition) is 3. The molecule has 0 aliphatic heterocycles. The maximum atomic E-state index is 9.89. The Labute approximate surface area is 101 Å². The fourth-order valence-electron chi connectivity index (χ4n) is 1.72. The smallest absolute Gasteiger partial charge is 0.0622 e. The molecule has 2 atom stereocenters. The van der Waals surface area contributed by atoms with Crippen LogP contribution in [0.25, 0.3) is 0 Å². The molecule has 0 aromatic carbocycles. The van der Waals surface area contributed by atoms with Gasteiger partial charge in [0.2, 0.25) is 0 Å². The molecular weight excluding hydrogens is 226 g/mol. The first-order chi connectivity index (χ1) is 7.63. The Bertz CT molecular complexity index is 320. The predicted octanol–water partition coefficient (Wildman–Crippen LogP) is 2.31. The van der Waals surface area contributed by atoms with Crippen LogP contribution in [0.15, 0.2) is 18.5 Å². The van der Waals surface area contributed by atoms with Crippen molar-refractivity contribution in [2.45, 2.75) is 25.9 Å². The van der Waals surface area contributed by atoms with Crippen LogP contribution in [0.5, 0.6) is 0 Å². The molecule has 0 aliphatic carbocycles. The number of pyridine rings is 1. The highest BCUT2D eigenvalue weighted by molar-refractivity contribution is 6.31. The Balaban J connectivity index is 2.45. The van der Waals surface area contributed by atoms with Gasteiger partial charge in [0.15, 0.2) is 0 Å². The molecular formula is C12H18ClNO2. The molecule has 2 unspecified atom stereocenters. The summed E-state index contributed by atoms with van der Waals surface area (Å²) in [6, 6.07) is 1.84. The van der Waals surface area contributed by atoms with Crippen molar-refractivity contribution in [1.29, 1.82) is 0 Å². The summed E-state index contributed by atoms with van der Waals surface area (Å²) in [7, 11) is 1.67. The Morgan fingerprint density at radius 3 is 2.94 bits per heavy atom. The molecule has 1 N–H and O–H groups in total. The van der Waals surface area contributed by atoms with Gasteiger partial charge in [-0.15, -0.1) is 0 Å². The van der Waals surface area contributed by atoms with Gasteiger partial charge in [-0.2, -0.15) is 0 Å². The molecule has 0 amide bonds. The van der Waals surface area contributed by atoms with Gasteiger partial charge in [0.05, 0.1) is 11.1 Å².